The van der Waals surface area contributed by atoms with E-state index in [0.29, 0.717) is 0 Å². The fraction of sp³-hybridized carbons (Fsp3) is 1.00. The number of hydrogen-bond acceptors (Lipinski definition) is 2. The van der Waals surface area contributed by atoms with Gasteiger partial charge >= 0.3 is 0 Å². The Balaban J connectivity index is 4.23. The van der Waals surface area contributed by atoms with Crippen molar-refractivity contribution in [2.45, 2.75) is 38.7 Å². The van der Waals surface area contributed by atoms with Gasteiger partial charge in [-0.2, -0.15) is 0 Å². The molecule has 0 radical (unpaired) electrons. The number of alkyl halides is 2. The Labute approximate surface area is 59.8 Å². The molecule has 62 valence electrons. The molecule has 0 rings (SSSR count). The Kier molecular flexibility index (Phi) is 3.18. The third-order valence-electron chi connectivity index (χ3n) is 1.96. The van der Waals surface area contributed by atoms with E-state index in [9.17, 15) is 8.78 Å². The molecule has 0 aliphatic rings. The van der Waals surface area contributed by atoms with Crippen molar-refractivity contribution in [3.8, 4) is 0 Å². The van der Waals surface area contributed by atoms with Gasteiger partial charge in [0.25, 0.3) is 0 Å². The van der Waals surface area contributed by atoms with Gasteiger partial charge in [0, 0.05) is 0 Å². The van der Waals surface area contributed by atoms with Crippen molar-refractivity contribution in [3.05, 3.63) is 0 Å². The summed E-state index contributed by atoms with van der Waals surface area (Å²) in [5, 5.41) is 0. The van der Waals surface area contributed by atoms with Crippen LogP contribution >= 0.6 is 0 Å². The molecule has 0 spiro atoms. The number of rotatable bonds is 3. The Bertz CT molecular complexity index is 95.9. The van der Waals surface area contributed by atoms with E-state index in [-0.39, 0.29) is 0 Å². The van der Waals surface area contributed by atoms with Gasteiger partial charge < -0.3 is 0 Å². The molecule has 0 aromatic rings. The van der Waals surface area contributed by atoms with Gasteiger partial charge in [0.05, 0.1) is 5.54 Å². The second kappa shape index (κ2) is 3.25. The zero-order valence-corrected chi connectivity index (χ0v) is 6.49. The van der Waals surface area contributed by atoms with Crippen LogP contribution in [0.2, 0.25) is 0 Å². The zero-order valence-electron chi connectivity index (χ0n) is 6.49. The van der Waals surface area contributed by atoms with Crippen LogP contribution in [0.25, 0.3) is 0 Å². The van der Waals surface area contributed by atoms with E-state index in [1.165, 1.54) is 20.8 Å². The van der Waals surface area contributed by atoms with Crippen LogP contribution in [0.15, 0.2) is 0 Å². The summed E-state index contributed by atoms with van der Waals surface area (Å²) >= 11 is 0. The fourth-order valence-electron chi connectivity index (χ4n) is 0.546. The predicted molar refractivity (Wildman–Crippen MR) is 36.9 cm³/mol. The van der Waals surface area contributed by atoms with E-state index < -0.39 is 17.9 Å². The van der Waals surface area contributed by atoms with Crippen molar-refractivity contribution in [1.29, 1.82) is 0 Å². The maximum absolute atomic E-state index is 12.6. The summed E-state index contributed by atoms with van der Waals surface area (Å²) in [6.45, 7) is 3.95. The third-order valence-corrected chi connectivity index (χ3v) is 1.96. The third kappa shape index (κ3) is 1.64. The van der Waals surface area contributed by atoms with E-state index in [1.807, 2.05) is 0 Å². The molecule has 0 saturated carbocycles. The highest BCUT2D eigenvalue weighted by Crippen LogP contribution is 2.19. The lowest BCUT2D eigenvalue weighted by atomic mass is 9.93. The average molecular weight is 152 g/mol. The molecule has 0 aliphatic heterocycles. The highest BCUT2D eigenvalue weighted by Gasteiger charge is 2.36. The molecule has 4 heteroatoms. The van der Waals surface area contributed by atoms with Gasteiger partial charge in [-0.15, -0.1) is 0 Å². The molecule has 0 heterocycles. The molecule has 0 aliphatic carbocycles. The standard InChI is InChI=1S/C6H14F2N2/c1-4(7)6(3,10-9)5(2)8/h4-5,10H,9H2,1-3H3. The van der Waals surface area contributed by atoms with E-state index in [2.05, 4.69) is 5.43 Å². The summed E-state index contributed by atoms with van der Waals surface area (Å²) in [7, 11) is 0. The van der Waals surface area contributed by atoms with E-state index in [1.54, 1.807) is 0 Å². The molecule has 3 N–H and O–H groups in total. The lowest BCUT2D eigenvalue weighted by Gasteiger charge is -2.31. The molecule has 2 unspecified atom stereocenters. The molecular formula is C6H14F2N2. The quantitative estimate of drug-likeness (QED) is 0.466. The number of halogens is 2. The van der Waals surface area contributed by atoms with Gasteiger partial charge in [-0.1, -0.05) is 0 Å². The van der Waals surface area contributed by atoms with Crippen molar-refractivity contribution in [1.82, 2.24) is 5.43 Å². The Hall–Kier alpha value is -0.220. The monoisotopic (exact) mass is 152 g/mol. The lowest BCUT2D eigenvalue weighted by molar-refractivity contribution is 0.0919. The zero-order chi connectivity index (χ0) is 8.36. The summed E-state index contributed by atoms with van der Waals surface area (Å²) < 4.78 is 25.2. The van der Waals surface area contributed by atoms with Crippen molar-refractivity contribution in [2.24, 2.45) is 5.84 Å². The molecular weight excluding hydrogens is 138 g/mol. The van der Waals surface area contributed by atoms with Crippen LogP contribution in [0.4, 0.5) is 8.78 Å². The number of hydrogen-bond donors (Lipinski definition) is 2. The van der Waals surface area contributed by atoms with Crippen molar-refractivity contribution >= 4 is 0 Å². The highest BCUT2D eigenvalue weighted by molar-refractivity contribution is 4.91. The normalized spacial score (nSPS) is 23.4. The van der Waals surface area contributed by atoms with E-state index >= 15 is 0 Å². The predicted octanol–water partition coefficient (Wildman–Crippen LogP) is 0.924. The summed E-state index contributed by atoms with van der Waals surface area (Å²) in [4.78, 5) is 0. The minimum absolute atomic E-state index is 1.26. The second-order valence-electron chi connectivity index (χ2n) is 2.66. The summed E-state index contributed by atoms with van der Waals surface area (Å²) in [6.07, 6.45) is -2.62. The SMILES string of the molecule is CC(F)C(C)(NN)C(C)F. The molecule has 0 bridgehead atoms. The topological polar surface area (TPSA) is 38.0 Å². The molecule has 0 fully saturated rings. The van der Waals surface area contributed by atoms with Crippen LogP contribution in [0, 0.1) is 0 Å². The van der Waals surface area contributed by atoms with Crippen LogP contribution in [0.1, 0.15) is 20.8 Å². The summed E-state index contributed by atoms with van der Waals surface area (Å²) in [5.74, 6) is 4.98. The van der Waals surface area contributed by atoms with Crippen LogP contribution in [-0.2, 0) is 0 Å². The maximum atomic E-state index is 12.6. The molecule has 0 aromatic carbocycles. The molecule has 0 saturated heterocycles. The van der Waals surface area contributed by atoms with Gasteiger partial charge in [-0.3, -0.25) is 5.84 Å². The summed E-state index contributed by atoms with van der Waals surface area (Å²) in [5.41, 5.74) is 0.863. The maximum Gasteiger partial charge on any atom is 0.119 e. The first-order valence-electron chi connectivity index (χ1n) is 3.21. The summed E-state index contributed by atoms with van der Waals surface area (Å²) in [6, 6.07) is 0. The molecule has 2 nitrogen and oxygen atoms in total. The van der Waals surface area contributed by atoms with E-state index in [0.717, 1.165) is 0 Å². The van der Waals surface area contributed by atoms with Gasteiger partial charge in [0.2, 0.25) is 0 Å². The number of nitrogens with one attached hydrogen (secondary N) is 1. The van der Waals surface area contributed by atoms with Crippen LogP contribution < -0.4 is 11.3 Å². The minimum Gasteiger partial charge on any atom is -0.271 e. The number of nitrogens with two attached hydrogens (primary N) is 1. The van der Waals surface area contributed by atoms with Gasteiger partial charge in [-0.05, 0) is 20.8 Å². The highest BCUT2D eigenvalue weighted by atomic mass is 19.1. The van der Waals surface area contributed by atoms with Crippen molar-refractivity contribution in [3.63, 3.8) is 0 Å². The Morgan fingerprint density at radius 1 is 1.30 bits per heavy atom. The fourth-order valence-corrected chi connectivity index (χ4v) is 0.546. The average Bonchev–Trinajstić information content (AvgIpc) is 1.85. The van der Waals surface area contributed by atoms with Gasteiger partial charge in [0.1, 0.15) is 12.3 Å². The first-order chi connectivity index (χ1) is 4.45. The smallest absolute Gasteiger partial charge is 0.119 e. The van der Waals surface area contributed by atoms with Crippen LogP contribution in [-0.4, -0.2) is 17.9 Å². The second-order valence-corrected chi connectivity index (χ2v) is 2.66. The molecule has 0 aromatic heterocycles. The van der Waals surface area contributed by atoms with Crippen molar-refractivity contribution < 1.29 is 8.78 Å². The van der Waals surface area contributed by atoms with E-state index in [4.69, 9.17) is 5.84 Å². The molecule has 10 heavy (non-hydrogen) atoms. The van der Waals surface area contributed by atoms with Crippen LogP contribution in [0.5, 0.6) is 0 Å². The van der Waals surface area contributed by atoms with Gasteiger partial charge in [0.15, 0.2) is 0 Å². The lowest BCUT2D eigenvalue weighted by Crippen LogP contribution is -2.58. The molecule has 0 amide bonds. The first-order valence-corrected chi connectivity index (χ1v) is 3.21. The van der Waals surface area contributed by atoms with Crippen molar-refractivity contribution in [2.75, 3.05) is 0 Å². The van der Waals surface area contributed by atoms with Crippen LogP contribution in [0.3, 0.4) is 0 Å². The minimum atomic E-state index is -1.31. The first kappa shape index (κ1) is 9.78. The Morgan fingerprint density at radius 3 is 1.60 bits per heavy atom. The van der Waals surface area contributed by atoms with Gasteiger partial charge in [-0.25, -0.2) is 14.2 Å². The largest absolute Gasteiger partial charge is 0.271 e. The Morgan fingerprint density at radius 2 is 1.60 bits per heavy atom. The molecule has 2 atom stereocenters. The number of hydrazine groups is 1.